The molecule has 0 aliphatic carbocycles. The van der Waals surface area contributed by atoms with E-state index < -0.39 is 9.84 Å². The van der Waals surface area contributed by atoms with Gasteiger partial charge in [0.15, 0.2) is 9.84 Å². The summed E-state index contributed by atoms with van der Waals surface area (Å²) in [5.74, 6) is 0.531. The second-order valence-electron chi connectivity index (χ2n) is 6.58. The van der Waals surface area contributed by atoms with Gasteiger partial charge in [-0.05, 0) is 23.8 Å². The number of nitrogens with one attached hydrogen (secondary N) is 1. The summed E-state index contributed by atoms with van der Waals surface area (Å²) in [7, 11) is -2.86. The molecule has 0 aromatic heterocycles. The highest BCUT2D eigenvalue weighted by molar-refractivity contribution is 7.91. The van der Waals surface area contributed by atoms with Gasteiger partial charge in [-0.3, -0.25) is 4.79 Å². The van der Waals surface area contributed by atoms with Crippen LogP contribution in [0.3, 0.4) is 0 Å². The number of hydrogen-bond acceptors (Lipinski definition) is 3. The van der Waals surface area contributed by atoms with Crippen molar-refractivity contribution in [2.24, 2.45) is 0 Å². The molecule has 8 heteroatoms. The number of carbonyl (C=O) groups is 1. The standard InChI is InChI=1S/C17H20Cl2N2O3S/c18-14-3-1-13(16(19)11-14)2-4-17(22)21-8-6-20(7-9-21)15-5-10-25(23,24)12-15/h1-4,11,15H,5-10,12H2/p+1/b4-2+/t15-/m0/s1. The zero-order valence-corrected chi connectivity index (χ0v) is 16.1. The highest BCUT2D eigenvalue weighted by Crippen LogP contribution is 2.22. The van der Waals surface area contributed by atoms with Crippen LogP contribution in [0.15, 0.2) is 24.3 Å². The average Bonchev–Trinajstić information content (AvgIpc) is 2.94. The highest BCUT2D eigenvalue weighted by atomic mass is 35.5. The van der Waals surface area contributed by atoms with Gasteiger partial charge in [-0.2, -0.15) is 0 Å². The Morgan fingerprint density at radius 1 is 1.24 bits per heavy atom. The van der Waals surface area contributed by atoms with Crippen LogP contribution < -0.4 is 4.90 Å². The molecule has 0 spiro atoms. The fraction of sp³-hybridized carbons (Fsp3) is 0.471. The Morgan fingerprint density at radius 3 is 2.56 bits per heavy atom. The van der Waals surface area contributed by atoms with Gasteiger partial charge < -0.3 is 9.80 Å². The lowest BCUT2D eigenvalue weighted by Gasteiger charge is -2.34. The van der Waals surface area contributed by atoms with Crippen molar-refractivity contribution >= 4 is 45.0 Å². The Labute approximate surface area is 158 Å². The molecule has 3 rings (SSSR count). The van der Waals surface area contributed by atoms with Crippen molar-refractivity contribution in [1.82, 2.24) is 4.90 Å². The predicted octanol–water partition coefficient (Wildman–Crippen LogP) is 0.921. The van der Waals surface area contributed by atoms with Crippen molar-refractivity contribution in [2.75, 3.05) is 37.7 Å². The van der Waals surface area contributed by atoms with Gasteiger partial charge in [0, 0.05) is 22.5 Å². The quantitative estimate of drug-likeness (QED) is 0.763. The van der Waals surface area contributed by atoms with Crippen LogP contribution in [0.4, 0.5) is 0 Å². The number of quaternary nitrogens is 1. The molecule has 5 nitrogen and oxygen atoms in total. The smallest absolute Gasteiger partial charge is 0.246 e. The van der Waals surface area contributed by atoms with E-state index in [1.165, 1.54) is 11.0 Å². The Hall–Kier alpha value is -1.08. The number of carbonyl (C=O) groups excluding carboxylic acids is 1. The monoisotopic (exact) mass is 403 g/mol. The molecule has 2 fully saturated rings. The second-order valence-corrected chi connectivity index (χ2v) is 9.66. The molecule has 0 radical (unpaired) electrons. The summed E-state index contributed by atoms with van der Waals surface area (Å²) in [6, 6.07) is 5.34. The van der Waals surface area contributed by atoms with Gasteiger partial charge in [0.25, 0.3) is 0 Å². The molecule has 2 saturated heterocycles. The summed E-state index contributed by atoms with van der Waals surface area (Å²) < 4.78 is 23.2. The van der Waals surface area contributed by atoms with Crippen LogP contribution in [0.1, 0.15) is 12.0 Å². The van der Waals surface area contributed by atoms with Crippen LogP contribution >= 0.6 is 23.2 Å². The van der Waals surface area contributed by atoms with Crippen LogP contribution in [-0.4, -0.2) is 63.0 Å². The molecule has 1 aromatic carbocycles. The average molecular weight is 404 g/mol. The first-order valence-electron chi connectivity index (χ1n) is 8.31. The third-order valence-electron chi connectivity index (χ3n) is 4.90. The largest absolute Gasteiger partial charge is 0.329 e. The lowest BCUT2D eigenvalue weighted by Crippen LogP contribution is -3.18. The molecule has 0 unspecified atom stereocenters. The molecule has 136 valence electrons. The molecule has 1 N–H and O–H groups in total. The Bertz CT molecular complexity index is 787. The molecule has 2 aliphatic heterocycles. The maximum Gasteiger partial charge on any atom is 0.246 e. The maximum atomic E-state index is 12.3. The molecule has 1 atom stereocenters. The van der Waals surface area contributed by atoms with E-state index in [1.54, 1.807) is 29.2 Å². The number of nitrogens with zero attached hydrogens (tertiary/aromatic N) is 1. The van der Waals surface area contributed by atoms with Crippen LogP contribution in [0.2, 0.25) is 10.0 Å². The molecule has 2 aliphatic rings. The number of sulfone groups is 1. The van der Waals surface area contributed by atoms with Crippen molar-refractivity contribution in [3.63, 3.8) is 0 Å². The van der Waals surface area contributed by atoms with Crippen LogP contribution in [0, 0.1) is 0 Å². The van der Waals surface area contributed by atoms with Crippen molar-refractivity contribution in [3.05, 3.63) is 39.9 Å². The van der Waals surface area contributed by atoms with E-state index in [2.05, 4.69) is 0 Å². The lowest BCUT2D eigenvalue weighted by atomic mass is 10.2. The third kappa shape index (κ3) is 4.76. The number of rotatable bonds is 3. The van der Waals surface area contributed by atoms with Gasteiger partial charge in [-0.1, -0.05) is 29.3 Å². The lowest BCUT2D eigenvalue weighted by molar-refractivity contribution is -0.925. The van der Waals surface area contributed by atoms with Crippen molar-refractivity contribution in [2.45, 2.75) is 12.5 Å². The minimum Gasteiger partial charge on any atom is -0.329 e. The van der Waals surface area contributed by atoms with Crippen LogP contribution in [0.25, 0.3) is 6.08 Å². The predicted molar refractivity (Wildman–Crippen MR) is 99.8 cm³/mol. The van der Waals surface area contributed by atoms with Crippen molar-refractivity contribution in [3.8, 4) is 0 Å². The molecule has 2 heterocycles. The molecular weight excluding hydrogens is 383 g/mol. The number of benzene rings is 1. The minimum absolute atomic E-state index is 0.0517. The summed E-state index contributed by atoms with van der Waals surface area (Å²) in [6.45, 7) is 2.87. The Balaban J connectivity index is 1.54. The number of amides is 1. The first-order valence-corrected chi connectivity index (χ1v) is 10.9. The number of hydrogen-bond donors (Lipinski definition) is 1. The van der Waals surface area contributed by atoms with E-state index >= 15 is 0 Å². The number of halogens is 2. The van der Waals surface area contributed by atoms with E-state index in [4.69, 9.17) is 23.2 Å². The first-order chi connectivity index (χ1) is 11.8. The van der Waals surface area contributed by atoms with Gasteiger partial charge >= 0.3 is 0 Å². The fourth-order valence-corrected chi connectivity index (χ4v) is 5.74. The molecule has 0 bridgehead atoms. The van der Waals surface area contributed by atoms with E-state index in [1.807, 2.05) is 0 Å². The maximum absolute atomic E-state index is 12.3. The molecule has 1 aromatic rings. The minimum atomic E-state index is -2.86. The zero-order valence-electron chi connectivity index (χ0n) is 13.7. The van der Waals surface area contributed by atoms with Crippen molar-refractivity contribution < 1.29 is 18.1 Å². The van der Waals surface area contributed by atoms with Crippen molar-refractivity contribution in [1.29, 1.82) is 0 Å². The molecule has 25 heavy (non-hydrogen) atoms. The summed E-state index contributed by atoms with van der Waals surface area (Å²) in [5.41, 5.74) is 0.750. The van der Waals surface area contributed by atoms with Gasteiger partial charge in [0.2, 0.25) is 5.91 Å². The third-order valence-corrected chi connectivity index (χ3v) is 7.23. The van der Waals surface area contributed by atoms with Gasteiger partial charge in [0.05, 0.1) is 31.9 Å². The van der Waals surface area contributed by atoms with E-state index in [-0.39, 0.29) is 17.7 Å². The van der Waals surface area contributed by atoms with E-state index in [9.17, 15) is 13.2 Å². The van der Waals surface area contributed by atoms with Gasteiger partial charge in [0.1, 0.15) is 11.8 Å². The Kier molecular flexibility index (Phi) is 5.73. The first kappa shape index (κ1) is 18.7. The summed E-state index contributed by atoms with van der Waals surface area (Å²) in [5, 5.41) is 1.06. The second kappa shape index (κ2) is 7.66. The molecular formula is C17H21Cl2N2O3S+. The van der Waals surface area contributed by atoms with Crippen LogP contribution in [0.5, 0.6) is 0 Å². The van der Waals surface area contributed by atoms with E-state index in [0.29, 0.717) is 28.9 Å². The Morgan fingerprint density at radius 2 is 1.96 bits per heavy atom. The van der Waals surface area contributed by atoms with Gasteiger partial charge in [-0.15, -0.1) is 0 Å². The summed E-state index contributed by atoms with van der Waals surface area (Å²) >= 11 is 12.0. The fourth-order valence-electron chi connectivity index (χ4n) is 3.44. The van der Waals surface area contributed by atoms with Gasteiger partial charge in [-0.25, -0.2) is 8.42 Å². The molecule has 1 amide bonds. The normalized spacial score (nSPS) is 24.1. The molecule has 0 saturated carbocycles. The number of piperazine rings is 1. The topological polar surface area (TPSA) is 58.9 Å². The zero-order chi connectivity index (χ0) is 18.0. The van der Waals surface area contributed by atoms with Crippen LogP contribution in [-0.2, 0) is 14.6 Å². The summed E-state index contributed by atoms with van der Waals surface area (Å²) in [6.07, 6.45) is 3.96. The highest BCUT2D eigenvalue weighted by Gasteiger charge is 2.37. The SMILES string of the molecule is O=C(/C=C/c1ccc(Cl)cc1Cl)N1CC[NH+]([C@H]2CCS(=O)(=O)C2)CC1. The summed E-state index contributed by atoms with van der Waals surface area (Å²) in [4.78, 5) is 15.4. The van der Waals surface area contributed by atoms with E-state index in [0.717, 1.165) is 25.1 Å².